The molecule has 80 valence electrons. The van der Waals surface area contributed by atoms with Gasteiger partial charge in [0.1, 0.15) is 0 Å². The molecule has 1 saturated carbocycles. The molecule has 1 aromatic rings. The smallest absolute Gasteiger partial charge is 0.0178 e. The van der Waals surface area contributed by atoms with E-state index in [1.165, 1.54) is 30.2 Å². The topological polar surface area (TPSA) is 0 Å². The Hall–Kier alpha value is -0.300. The summed E-state index contributed by atoms with van der Waals surface area (Å²) in [5.41, 5.74) is 4.15. The number of fused-ring (bicyclic) bond motifs is 2. The van der Waals surface area contributed by atoms with Crippen molar-refractivity contribution >= 4 is 15.9 Å². The Morgan fingerprint density at radius 1 is 0.933 bits per heavy atom. The van der Waals surface area contributed by atoms with Gasteiger partial charge in [-0.15, -0.1) is 0 Å². The molecular formula is C14H17Br. The van der Waals surface area contributed by atoms with Crippen LogP contribution in [0.3, 0.4) is 0 Å². The highest BCUT2D eigenvalue weighted by molar-refractivity contribution is 9.10. The van der Waals surface area contributed by atoms with Gasteiger partial charge in [0.2, 0.25) is 0 Å². The van der Waals surface area contributed by atoms with E-state index in [0.29, 0.717) is 10.8 Å². The van der Waals surface area contributed by atoms with Gasteiger partial charge in [0.05, 0.1) is 0 Å². The second-order valence-corrected chi connectivity index (χ2v) is 6.73. The summed E-state index contributed by atoms with van der Waals surface area (Å²) in [5, 5.41) is 0. The Bertz CT molecular complexity index is 411. The number of rotatable bonds is 0. The van der Waals surface area contributed by atoms with E-state index in [4.69, 9.17) is 0 Å². The normalized spacial score (nSPS) is 37.8. The minimum absolute atomic E-state index is 0.455. The van der Waals surface area contributed by atoms with E-state index in [0.717, 1.165) is 0 Å². The van der Waals surface area contributed by atoms with E-state index in [1.54, 1.807) is 11.1 Å². The zero-order valence-electron chi connectivity index (χ0n) is 9.44. The molecule has 2 bridgehead atoms. The van der Waals surface area contributed by atoms with Crippen molar-refractivity contribution in [2.45, 2.75) is 50.4 Å². The van der Waals surface area contributed by atoms with Gasteiger partial charge in [0, 0.05) is 4.47 Å². The maximum atomic E-state index is 3.60. The second kappa shape index (κ2) is 2.88. The lowest BCUT2D eigenvalue weighted by molar-refractivity contribution is 0.187. The monoisotopic (exact) mass is 264 g/mol. The van der Waals surface area contributed by atoms with Crippen molar-refractivity contribution in [3.8, 4) is 0 Å². The molecule has 1 aromatic carbocycles. The first-order valence-corrected chi connectivity index (χ1v) is 6.63. The molecule has 4 rings (SSSR count). The quantitative estimate of drug-likeness (QED) is 0.645. The van der Waals surface area contributed by atoms with E-state index in [1.807, 2.05) is 0 Å². The van der Waals surface area contributed by atoms with Crippen LogP contribution in [0.1, 0.15) is 50.7 Å². The fourth-order valence-corrected chi connectivity index (χ4v) is 3.80. The Balaban J connectivity index is 2.28. The fraction of sp³-hybridized carbons (Fsp3) is 0.571. The predicted molar refractivity (Wildman–Crippen MR) is 67.3 cm³/mol. The highest BCUT2D eigenvalue weighted by Gasteiger charge is 2.47. The molecular weight excluding hydrogens is 248 g/mol. The second-order valence-electron chi connectivity index (χ2n) is 5.81. The number of hydrogen-bond acceptors (Lipinski definition) is 0. The van der Waals surface area contributed by atoms with Crippen molar-refractivity contribution in [2.75, 3.05) is 0 Å². The summed E-state index contributed by atoms with van der Waals surface area (Å²) in [4.78, 5) is 0. The van der Waals surface area contributed by atoms with Crippen molar-refractivity contribution in [3.05, 3.63) is 33.8 Å². The van der Waals surface area contributed by atoms with Gasteiger partial charge in [-0.05, 0) is 59.8 Å². The number of benzene rings is 1. The summed E-state index contributed by atoms with van der Waals surface area (Å²) >= 11 is 3.60. The summed E-state index contributed by atoms with van der Waals surface area (Å²) in [5.74, 6) is 0. The largest absolute Gasteiger partial charge is 0.0571 e. The standard InChI is InChI=1S/C14H17Br/c1-13-5-7-14(2,8-6-13)12-9-10(15)3-4-11(12)13/h3-4,9H,5-8H2,1-2H3. The van der Waals surface area contributed by atoms with Gasteiger partial charge in [-0.1, -0.05) is 35.8 Å². The third-order valence-corrected chi connectivity index (χ3v) is 5.23. The molecule has 1 heteroatoms. The van der Waals surface area contributed by atoms with Gasteiger partial charge in [-0.3, -0.25) is 0 Å². The third-order valence-electron chi connectivity index (χ3n) is 4.74. The number of halogens is 1. The van der Waals surface area contributed by atoms with E-state index in [2.05, 4.69) is 48.0 Å². The molecule has 0 spiro atoms. The average molecular weight is 265 g/mol. The van der Waals surface area contributed by atoms with Crippen LogP contribution < -0.4 is 0 Å². The Morgan fingerprint density at radius 3 is 2.07 bits per heavy atom. The van der Waals surface area contributed by atoms with E-state index in [9.17, 15) is 0 Å². The van der Waals surface area contributed by atoms with Gasteiger partial charge in [0.15, 0.2) is 0 Å². The van der Waals surface area contributed by atoms with Crippen molar-refractivity contribution in [2.24, 2.45) is 0 Å². The molecule has 0 aromatic heterocycles. The summed E-state index contributed by atoms with van der Waals surface area (Å²) in [7, 11) is 0. The van der Waals surface area contributed by atoms with Gasteiger partial charge in [0.25, 0.3) is 0 Å². The van der Waals surface area contributed by atoms with Crippen LogP contribution in [0.25, 0.3) is 0 Å². The van der Waals surface area contributed by atoms with Crippen LogP contribution >= 0.6 is 15.9 Å². The highest BCUT2D eigenvalue weighted by Crippen LogP contribution is 2.56. The lowest BCUT2D eigenvalue weighted by Gasteiger charge is -2.52. The summed E-state index contributed by atoms with van der Waals surface area (Å²) in [6.45, 7) is 4.88. The Kier molecular flexibility index (Phi) is 1.90. The first kappa shape index (κ1) is 9.89. The number of hydrogen-bond donors (Lipinski definition) is 0. The molecule has 3 aliphatic rings. The average Bonchev–Trinajstić information content (AvgIpc) is 2.21. The molecule has 0 saturated heterocycles. The van der Waals surface area contributed by atoms with Gasteiger partial charge in [-0.25, -0.2) is 0 Å². The van der Waals surface area contributed by atoms with E-state index >= 15 is 0 Å². The Morgan fingerprint density at radius 2 is 1.47 bits per heavy atom. The highest BCUT2D eigenvalue weighted by atomic mass is 79.9. The van der Waals surface area contributed by atoms with Crippen LogP contribution in [-0.2, 0) is 10.8 Å². The van der Waals surface area contributed by atoms with Crippen molar-refractivity contribution in [1.82, 2.24) is 0 Å². The van der Waals surface area contributed by atoms with Crippen LogP contribution in [-0.4, -0.2) is 0 Å². The van der Waals surface area contributed by atoms with Crippen molar-refractivity contribution < 1.29 is 0 Å². The van der Waals surface area contributed by atoms with Crippen LogP contribution in [0, 0.1) is 0 Å². The molecule has 0 nitrogen and oxygen atoms in total. The lowest BCUT2D eigenvalue weighted by Crippen LogP contribution is -2.44. The zero-order valence-corrected chi connectivity index (χ0v) is 11.0. The van der Waals surface area contributed by atoms with Crippen molar-refractivity contribution in [3.63, 3.8) is 0 Å². The summed E-state index contributed by atoms with van der Waals surface area (Å²) in [6, 6.07) is 6.90. The molecule has 0 amide bonds. The fourth-order valence-electron chi connectivity index (χ4n) is 3.43. The van der Waals surface area contributed by atoms with Crippen LogP contribution in [0.5, 0.6) is 0 Å². The first-order valence-electron chi connectivity index (χ1n) is 5.84. The minimum atomic E-state index is 0.455. The molecule has 1 fully saturated rings. The third kappa shape index (κ3) is 1.25. The lowest BCUT2D eigenvalue weighted by atomic mass is 9.53. The maximum Gasteiger partial charge on any atom is 0.0178 e. The van der Waals surface area contributed by atoms with Crippen molar-refractivity contribution in [1.29, 1.82) is 0 Å². The molecule has 15 heavy (non-hydrogen) atoms. The molecule has 0 unspecified atom stereocenters. The Labute approximate surface area is 100 Å². The van der Waals surface area contributed by atoms with Gasteiger partial charge >= 0.3 is 0 Å². The predicted octanol–water partition coefficient (Wildman–Crippen LogP) is 4.55. The molecule has 0 aliphatic heterocycles. The van der Waals surface area contributed by atoms with Gasteiger partial charge in [-0.2, -0.15) is 0 Å². The molecule has 0 radical (unpaired) electrons. The zero-order chi connectivity index (χ0) is 10.7. The molecule has 3 aliphatic carbocycles. The van der Waals surface area contributed by atoms with Crippen LogP contribution in [0.4, 0.5) is 0 Å². The molecule has 0 N–H and O–H groups in total. The van der Waals surface area contributed by atoms with Crippen LogP contribution in [0.15, 0.2) is 22.7 Å². The molecule has 0 atom stereocenters. The van der Waals surface area contributed by atoms with Gasteiger partial charge < -0.3 is 0 Å². The first-order chi connectivity index (χ1) is 7.04. The minimum Gasteiger partial charge on any atom is -0.0571 e. The summed E-state index contributed by atoms with van der Waals surface area (Å²) in [6.07, 6.45) is 5.48. The maximum absolute atomic E-state index is 3.60. The summed E-state index contributed by atoms with van der Waals surface area (Å²) < 4.78 is 1.23. The molecule has 0 heterocycles. The van der Waals surface area contributed by atoms with E-state index in [-0.39, 0.29) is 0 Å². The SMILES string of the molecule is CC12CCC(C)(CC1)c1cc(Br)ccc12. The van der Waals surface area contributed by atoms with Crippen LogP contribution in [0.2, 0.25) is 0 Å². The van der Waals surface area contributed by atoms with E-state index < -0.39 is 0 Å².